The van der Waals surface area contributed by atoms with E-state index in [1.165, 1.54) is 38.5 Å². The summed E-state index contributed by atoms with van der Waals surface area (Å²) in [6.07, 6.45) is 10.2. The Morgan fingerprint density at radius 1 is 1.33 bits per heavy atom. The molecule has 0 radical (unpaired) electrons. The maximum atomic E-state index is 5.90. The minimum Gasteiger partial charge on any atom is -0.469 e. The SMILES string of the molecule is NC(=NCCc1ccco1)NC1CCCCCC1. The summed E-state index contributed by atoms with van der Waals surface area (Å²) in [6, 6.07) is 4.37. The Labute approximate surface area is 109 Å². The lowest BCUT2D eigenvalue weighted by Gasteiger charge is -2.16. The lowest BCUT2D eigenvalue weighted by molar-refractivity contribution is 0.509. The first-order valence-corrected chi connectivity index (χ1v) is 6.93. The number of hydrogen-bond acceptors (Lipinski definition) is 2. The molecule has 0 spiro atoms. The summed E-state index contributed by atoms with van der Waals surface area (Å²) in [6.45, 7) is 0.680. The molecular formula is C14H23N3O. The molecule has 1 aromatic heterocycles. The van der Waals surface area contributed by atoms with E-state index in [0.717, 1.165) is 12.2 Å². The van der Waals surface area contributed by atoms with Crippen LogP contribution >= 0.6 is 0 Å². The van der Waals surface area contributed by atoms with Gasteiger partial charge in [0.15, 0.2) is 5.96 Å². The molecule has 18 heavy (non-hydrogen) atoms. The van der Waals surface area contributed by atoms with Gasteiger partial charge in [0.2, 0.25) is 0 Å². The number of aliphatic imine (C=N–C) groups is 1. The Bertz CT molecular complexity index is 351. The normalized spacial score (nSPS) is 18.6. The van der Waals surface area contributed by atoms with Crippen molar-refractivity contribution < 1.29 is 4.42 Å². The second-order valence-corrected chi connectivity index (χ2v) is 4.93. The average molecular weight is 249 g/mol. The zero-order valence-electron chi connectivity index (χ0n) is 10.9. The topological polar surface area (TPSA) is 63.5 Å². The van der Waals surface area contributed by atoms with Crippen LogP contribution in [0.3, 0.4) is 0 Å². The van der Waals surface area contributed by atoms with Gasteiger partial charge in [-0.2, -0.15) is 0 Å². The monoisotopic (exact) mass is 249 g/mol. The van der Waals surface area contributed by atoms with Crippen molar-refractivity contribution in [2.75, 3.05) is 6.54 Å². The number of guanidine groups is 1. The van der Waals surface area contributed by atoms with Crippen molar-refractivity contribution in [1.29, 1.82) is 0 Å². The Morgan fingerprint density at radius 2 is 2.11 bits per heavy atom. The van der Waals surface area contributed by atoms with E-state index in [1.807, 2.05) is 12.1 Å². The predicted molar refractivity (Wildman–Crippen MR) is 73.5 cm³/mol. The van der Waals surface area contributed by atoms with Gasteiger partial charge in [-0.1, -0.05) is 25.7 Å². The highest BCUT2D eigenvalue weighted by Gasteiger charge is 2.12. The van der Waals surface area contributed by atoms with Crippen LogP contribution in [0, 0.1) is 0 Å². The van der Waals surface area contributed by atoms with Crippen LogP contribution in [-0.2, 0) is 6.42 Å². The van der Waals surface area contributed by atoms with Crippen molar-refractivity contribution >= 4 is 5.96 Å². The molecule has 2 rings (SSSR count). The average Bonchev–Trinajstić information content (AvgIpc) is 2.74. The molecule has 4 nitrogen and oxygen atoms in total. The van der Waals surface area contributed by atoms with Crippen LogP contribution in [0.15, 0.2) is 27.8 Å². The fourth-order valence-corrected chi connectivity index (χ4v) is 2.42. The molecule has 1 fully saturated rings. The summed E-state index contributed by atoms with van der Waals surface area (Å²) in [5.41, 5.74) is 5.90. The number of nitrogens with one attached hydrogen (secondary N) is 1. The van der Waals surface area contributed by atoms with Crippen LogP contribution < -0.4 is 11.1 Å². The van der Waals surface area contributed by atoms with E-state index in [-0.39, 0.29) is 0 Å². The van der Waals surface area contributed by atoms with Gasteiger partial charge in [0.1, 0.15) is 5.76 Å². The maximum Gasteiger partial charge on any atom is 0.188 e. The number of furan rings is 1. The van der Waals surface area contributed by atoms with Crippen molar-refractivity contribution in [1.82, 2.24) is 5.32 Å². The molecule has 0 bridgehead atoms. The van der Waals surface area contributed by atoms with Gasteiger partial charge in [0.05, 0.1) is 6.26 Å². The lowest BCUT2D eigenvalue weighted by Crippen LogP contribution is -2.40. The molecule has 0 amide bonds. The standard InChI is InChI=1S/C14H23N3O/c15-14(16-10-9-13-8-5-11-18-13)17-12-6-3-1-2-4-7-12/h5,8,11-12H,1-4,6-7,9-10H2,(H3,15,16,17). The quantitative estimate of drug-likeness (QED) is 0.489. The lowest BCUT2D eigenvalue weighted by atomic mass is 10.1. The molecule has 3 N–H and O–H groups in total. The number of nitrogens with two attached hydrogens (primary N) is 1. The van der Waals surface area contributed by atoms with E-state index in [0.29, 0.717) is 18.5 Å². The Kier molecular flexibility index (Phi) is 5.12. The summed E-state index contributed by atoms with van der Waals surface area (Å²) >= 11 is 0. The van der Waals surface area contributed by atoms with Gasteiger partial charge in [0.25, 0.3) is 0 Å². The van der Waals surface area contributed by atoms with Crippen molar-refractivity contribution in [2.45, 2.75) is 51.0 Å². The summed E-state index contributed by atoms with van der Waals surface area (Å²) in [7, 11) is 0. The van der Waals surface area contributed by atoms with Gasteiger partial charge in [-0.15, -0.1) is 0 Å². The summed E-state index contributed by atoms with van der Waals surface area (Å²) in [5, 5.41) is 3.34. The molecule has 1 aliphatic rings. The van der Waals surface area contributed by atoms with Gasteiger partial charge < -0.3 is 15.5 Å². The van der Waals surface area contributed by atoms with Gasteiger partial charge in [-0.05, 0) is 25.0 Å². The van der Waals surface area contributed by atoms with Crippen LogP contribution in [-0.4, -0.2) is 18.5 Å². The fraction of sp³-hybridized carbons (Fsp3) is 0.643. The summed E-state index contributed by atoms with van der Waals surface area (Å²) in [5.74, 6) is 1.54. The van der Waals surface area contributed by atoms with Crippen LogP contribution in [0.4, 0.5) is 0 Å². The maximum absolute atomic E-state index is 5.90. The predicted octanol–water partition coefficient (Wildman–Crippen LogP) is 2.45. The van der Waals surface area contributed by atoms with E-state index in [2.05, 4.69) is 10.3 Å². The Hall–Kier alpha value is -1.45. The second-order valence-electron chi connectivity index (χ2n) is 4.93. The van der Waals surface area contributed by atoms with Crippen LogP contribution in [0.1, 0.15) is 44.3 Å². The summed E-state index contributed by atoms with van der Waals surface area (Å²) in [4.78, 5) is 4.35. The Balaban J connectivity index is 1.70. The Morgan fingerprint density at radius 3 is 2.78 bits per heavy atom. The molecule has 100 valence electrons. The van der Waals surface area contributed by atoms with Crippen molar-refractivity contribution in [3.63, 3.8) is 0 Å². The zero-order valence-corrected chi connectivity index (χ0v) is 10.9. The first-order chi connectivity index (χ1) is 8.84. The zero-order chi connectivity index (χ0) is 12.6. The molecule has 0 atom stereocenters. The fourth-order valence-electron chi connectivity index (χ4n) is 2.42. The second kappa shape index (κ2) is 7.09. The minimum atomic E-state index is 0.514. The third-order valence-corrected chi connectivity index (χ3v) is 3.43. The minimum absolute atomic E-state index is 0.514. The van der Waals surface area contributed by atoms with E-state index in [9.17, 15) is 0 Å². The molecule has 0 aliphatic heterocycles. The number of nitrogens with zero attached hydrogens (tertiary/aromatic N) is 1. The highest BCUT2D eigenvalue weighted by Crippen LogP contribution is 2.16. The third-order valence-electron chi connectivity index (χ3n) is 3.43. The molecule has 1 saturated carbocycles. The third kappa shape index (κ3) is 4.43. The van der Waals surface area contributed by atoms with Gasteiger partial charge in [-0.25, -0.2) is 0 Å². The van der Waals surface area contributed by atoms with Crippen molar-refractivity contribution in [3.8, 4) is 0 Å². The highest BCUT2D eigenvalue weighted by molar-refractivity contribution is 5.78. The number of rotatable bonds is 4. The van der Waals surface area contributed by atoms with Crippen molar-refractivity contribution in [2.24, 2.45) is 10.7 Å². The molecule has 1 heterocycles. The molecule has 4 heteroatoms. The van der Waals surface area contributed by atoms with E-state index in [4.69, 9.17) is 10.2 Å². The largest absolute Gasteiger partial charge is 0.469 e. The molecular weight excluding hydrogens is 226 g/mol. The van der Waals surface area contributed by atoms with E-state index < -0.39 is 0 Å². The molecule has 0 aromatic carbocycles. The van der Waals surface area contributed by atoms with Crippen LogP contribution in [0.25, 0.3) is 0 Å². The van der Waals surface area contributed by atoms with Crippen LogP contribution in [0.5, 0.6) is 0 Å². The molecule has 0 saturated heterocycles. The molecule has 1 aromatic rings. The van der Waals surface area contributed by atoms with Crippen molar-refractivity contribution in [3.05, 3.63) is 24.2 Å². The van der Waals surface area contributed by atoms with Crippen LogP contribution in [0.2, 0.25) is 0 Å². The number of hydrogen-bond donors (Lipinski definition) is 2. The smallest absolute Gasteiger partial charge is 0.188 e. The summed E-state index contributed by atoms with van der Waals surface area (Å²) < 4.78 is 5.25. The van der Waals surface area contributed by atoms with Gasteiger partial charge in [0, 0.05) is 19.0 Å². The molecule has 1 aliphatic carbocycles. The first-order valence-electron chi connectivity index (χ1n) is 6.93. The van der Waals surface area contributed by atoms with Gasteiger partial charge >= 0.3 is 0 Å². The van der Waals surface area contributed by atoms with E-state index >= 15 is 0 Å². The van der Waals surface area contributed by atoms with E-state index in [1.54, 1.807) is 6.26 Å². The molecule has 0 unspecified atom stereocenters. The first kappa shape index (κ1) is 13.0. The highest BCUT2D eigenvalue weighted by atomic mass is 16.3. The van der Waals surface area contributed by atoms with Gasteiger partial charge in [-0.3, -0.25) is 4.99 Å².